The Balaban J connectivity index is 2.81. The van der Waals surface area contributed by atoms with Gasteiger partial charge in [0.05, 0.1) is 13.2 Å². The second kappa shape index (κ2) is 8.85. The SMILES string of the molecule is CNCc1cnccc1N(CCOC)CCOC. The van der Waals surface area contributed by atoms with Crippen LogP contribution in [0, 0.1) is 0 Å². The molecule has 0 saturated carbocycles. The lowest BCUT2D eigenvalue weighted by molar-refractivity contribution is 0.190. The Kier molecular flexibility index (Phi) is 7.32. The summed E-state index contributed by atoms with van der Waals surface area (Å²) < 4.78 is 10.3. The largest absolute Gasteiger partial charge is 0.383 e. The van der Waals surface area contributed by atoms with Crippen molar-refractivity contribution in [3.05, 3.63) is 24.0 Å². The molecule has 1 N–H and O–H groups in total. The average molecular weight is 253 g/mol. The number of hydrogen-bond acceptors (Lipinski definition) is 5. The molecule has 5 nitrogen and oxygen atoms in total. The molecule has 18 heavy (non-hydrogen) atoms. The topological polar surface area (TPSA) is 46.6 Å². The van der Waals surface area contributed by atoms with Crippen LogP contribution in [0.3, 0.4) is 0 Å². The van der Waals surface area contributed by atoms with Gasteiger partial charge in [0.25, 0.3) is 0 Å². The molecule has 0 spiro atoms. The first-order valence-corrected chi connectivity index (χ1v) is 6.13. The zero-order chi connectivity index (χ0) is 13.2. The van der Waals surface area contributed by atoms with Crippen LogP contribution >= 0.6 is 0 Å². The van der Waals surface area contributed by atoms with Gasteiger partial charge in [0.15, 0.2) is 0 Å². The summed E-state index contributed by atoms with van der Waals surface area (Å²) in [5.41, 5.74) is 2.38. The van der Waals surface area contributed by atoms with Crippen molar-refractivity contribution in [2.75, 3.05) is 52.5 Å². The highest BCUT2D eigenvalue weighted by Gasteiger charge is 2.10. The molecule has 0 fully saturated rings. The summed E-state index contributed by atoms with van der Waals surface area (Å²) in [6.07, 6.45) is 3.72. The fourth-order valence-electron chi connectivity index (χ4n) is 1.81. The van der Waals surface area contributed by atoms with Crippen LogP contribution in [0.25, 0.3) is 0 Å². The van der Waals surface area contributed by atoms with Crippen molar-refractivity contribution in [2.45, 2.75) is 6.54 Å². The number of hydrogen-bond donors (Lipinski definition) is 1. The Morgan fingerprint density at radius 2 is 1.89 bits per heavy atom. The smallest absolute Gasteiger partial charge is 0.0637 e. The molecular weight excluding hydrogens is 230 g/mol. The van der Waals surface area contributed by atoms with Crippen molar-refractivity contribution in [1.82, 2.24) is 10.3 Å². The molecule has 0 radical (unpaired) electrons. The van der Waals surface area contributed by atoms with E-state index in [-0.39, 0.29) is 0 Å². The molecule has 0 aromatic carbocycles. The Morgan fingerprint density at radius 3 is 2.44 bits per heavy atom. The first kappa shape index (κ1) is 14.9. The summed E-state index contributed by atoms with van der Waals surface area (Å²) in [7, 11) is 5.37. The maximum atomic E-state index is 5.16. The fraction of sp³-hybridized carbons (Fsp3) is 0.615. The number of anilines is 1. The number of nitrogens with zero attached hydrogens (tertiary/aromatic N) is 2. The van der Waals surface area contributed by atoms with Crippen LogP contribution < -0.4 is 10.2 Å². The Bertz CT molecular complexity index is 326. The van der Waals surface area contributed by atoms with Crippen LogP contribution in [0.15, 0.2) is 18.5 Å². The lowest BCUT2D eigenvalue weighted by atomic mass is 10.2. The van der Waals surface area contributed by atoms with Gasteiger partial charge in [0.2, 0.25) is 0 Å². The van der Waals surface area contributed by atoms with E-state index in [1.54, 1.807) is 14.2 Å². The zero-order valence-electron chi connectivity index (χ0n) is 11.5. The van der Waals surface area contributed by atoms with E-state index in [1.807, 2.05) is 25.5 Å². The Labute approximate surface area is 109 Å². The minimum atomic E-state index is 0.699. The molecule has 0 amide bonds. The Morgan fingerprint density at radius 1 is 1.22 bits per heavy atom. The van der Waals surface area contributed by atoms with Crippen LogP contribution in [-0.4, -0.2) is 52.6 Å². The van der Waals surface area contributed by atoms with Gasteiger partial charge in [-0.25, -0.2) is 0 Å². The summed E-state index contributed by atoms with van der Waals surface area (Å²) in [5.74, 6) is 0. The van der Waals surface area contributed by atoms with Gasteiger partial charge in [-0.15, -0.1) is 0 Å². The molecule has 0 aliphatic carbocycles. The number of rotatable bonds is 9. The van der Waals surface area contributed by atoms with Crippen molar-refractivity contribution < 1.29 is 9.47 Å². The number of ether oxygens (including phenoxy) is 2. The maximum absolute atomic E-state index is 5.16. The molecule has 0 atom stereocenters. The average Bonchev–Trinajstić information content (AvgIpc) is 2.40. The van der Waals surface area contributed by atoms with Gasteiger partial charge in [0, 0.05) is 57.5 Å². The van der Waals surface area contributed by atoms with Crippen molar-refractivity contribution in [3.8, 4) is 0 Å². The first-order valence-electron chi connectivity index (χ1n) is 6.13. The fourth-order valence-corrected chi connectivity index (χ4v) is 1.81. The van der Waals surface area contributed by atoms with E-state index >= 15 is 0 Å². The molecule has 0 bridgehead atoms. The molecule has 1 aromatic heterocycles. The number of methoxy groups -OCH3 is 2. The molecule has 0 unspecified atom stereocenters. The maximum Gasteiger partial charge on any atom is 0.0637 e. The molecule has 1 aromatic rings. The minimum absolute atomic E-state index is 0.699. The number of pyridine rings is 1. The third-order valence-corrected chi connectivity index (χ3v) is 2.72. The molecule has 1 rings (SSSR count). The van der Waals surface area contributed by atoms with E-state index in [0.29, 0.717) is 13.2 Å². The standard InChI is InChI=1S/C13H23N3O2/c1-14-10-12-11-15-5-4-13(12)16(6-8-17-2)7-9-18-3/h4-5,11,14H,6-10H2,1-3H3. The quantitative estimate of drug-likeness (QED) is 0.708. The molecule has 0 saturated heterocycles. The second-order valence-electron chi connectivity index (χ2n) is 4.01. The third-order valence-electron chi connectivity index (χ3n) is 2.72. The lowest BCUT2D eigenvalue weighted by Crippen LogP contribution is -2.31. The van der Waals surface area contributed by atoms with Gasteiger partial charge in [-0.05, 0) is 13.1 Å². The van der Waals surface area contributed by atoms with Crippen molar-refractivity contribution >= 4 is 5.69 Å². The summed E-state index contributed by atoms with van der Waals surface area (Å²) in [4.78, 5) is 6.44. The third kappa shape index (κ3) is 4.60. The Hall–Kier alpha value is -1.17. The van der Waals surface area contributed by atoms with Crippen LogP contribution in [0.1, 0.15) is 5.56 Å². The molecule has 1 heterocycles. The predicted octanol–water partition coefficient (Wildman–Crippen LogP) is 0.900. The summed E-state index contributed by atoms with van der Waals surface area (Å²) in [6, 6.07) is 2.04. The number of aromatic nitrogens is 1. The van der Waals surface area contributed by atoms with E-state index in [9.17, 15) is 0 Å². The van der Waals surface area contributed by atoms with Gasteiger partial charge in [-0.2, -0.15) is 0 Å². The number of nitrogens with one attached hydrogen (secondary N) is 1. The highest BCUT2D eigenvalue weighted by atomic mass is 16.5. The van der Waals surface area contributed by atoms with Gasteiger partial charge < -0.3 is 19.7 Å². The van der Waals surface area contributed by atoms with Crippen LogP contribution in [0.2, 0.25) is 0 Å². The summed E-state index contributed by atoms with van der Waals surface area (Å²) in [6.45, 7) is 3.90. The zero-order valence-corrected chi connectivity index (χ0v) is 11.5. The molecule has 0 aliphatic heterocycles. The summed E-state index contributed by atoms with van der Waals surface area (Å²) in [5, 5.41) is 3.16. The monoisotopic (exact) mass is 253 g/mol. The van der Waals surface area contributed by atoms with E-state index in [4.69, 9.17) is 9.47 Å². The van der Waals surface area contributed by atoms with Crippen LogP contribution in [0.4, 0.5) is 5.69 Å². The highest BCUT2D eigenvalue weighted by molar-refractivity contribution is 5.52. The van der Waals surface area contributed by atoms with Gasteiger partial charge in [-0.3, -0.25) is 4.98 Å². The van der Waals surface area contributed by atoms with E-state index in [1.165, 1.54) is 11.3 Å². The summed E-state index contributed by atoms with van der Waals surface area (Å²) >= 11 is 0. The normalized spacial score (nSPS) is 10.6. The molecule has 0 aliphatic rings. The second-order valence-corrected chi connectivity index (χ2v) is 4.01. The van der Waals surface area contributed by atoms with Gasteiger partial charge >= 0.3 is 0 Å². The first-order chi connectivity index (χ1) is 8.83. The lowest BCUT2D eigenvalue weighted by Gasteiger charge is -2.26. The molecule has 102 valence electrons. The van der Waals surface area contributed by atoms with Crippen LogP contribution in [0.5, 0.6) is 0 Å². The van der Waals surface area contributed by atoms with Gasteiger partial charge in [0.1, 0.15) is 0 Å². The molecular formula is C13H23N3O2. The van der Waals surface area contributed by atoms with E-state index < -0.39 is 0 Å². The van der Waals surface area contributed by atoms with Crippen molar-refractivity contribution in [1.29, 1.82) is 0 Å². The minimum Gasteiger partial charge on any atom is -0.383 e. The molecule has 5 heteroatoms. The predicted molar refractivity (Wildman–Crippen MR) is 73.0 cm³/mol. The van der Waals surface area contributed by atoms with E-state index in [0.717, 1.165) is 19.6 Å². The van der Waals surface area contributed by atoms with Crippen LogP contribution in [-0.2, 0) is 16.0 Å². The van der Waals surface area contributed by atoms with Crippen molar-refractivity contribution in [3.63, 3.8) is 0 Å². The highest BCUT2D eigenvalue weighted by Crippen LogP contribution is 2.18. The van der Waals surface area contributed by atoms with Gasteiger partial charge in [-0.1, -0.05) is 0 Å². The van der Waals surface area contributed by atoms with Crippen molar-refractivity contribution in [2.24, 2.45) is 0 Å². The van der Waals surface area contributed by atoms with E-state index in [2.05, 4.69) is 15.2 Å².